The quantitative estimate of drug-likeness (QED) is 0.228. The molecule has 3 aromatic carbocycles. The number of nitrogens with one attached hydrogen (secondary N) is 1. The van der Waals surface area contributed by atoms with E-state index in [1.54, 1.807) is 50.6 Å². The fourth-order valence-electron chi connectivity index (χ4n) is 3.78. The van der Waals surface area contributed by atoms with Crippen molar-refractivity contribution in [2.24, 2.45) is 4.99 Å². The van der Waals surface area contributed by atoms with E-state index in [2.05, 4.69) is 10.3 Å². The topological polar surface area (TPSA) is 80.2 Å². The minimum absolute atomic E-state index is 0.0337. The van der Waals surface area contributed by atoms with Gasteiger partial charge in [0.15, 0.2) is 16.7 Å². The van der Waals surface area contributed by atoms with Gasteiger partial charge in [-0.2, -0.15) is 0 Å². The Balaban J connectivity index is 1.51. The zero-order chi connectivity index (χ0) is 26.4. The summed E-state index contributed by atoms with van der Waals surface area (Å²) in [6.45, 7) is 0.405. The average molecular weight is 542 g/mol. The summed E-state index contributed by atoms with van der Waals surface area (Å²) in [5.41, 5.74) is 2.08. The molecule has 192 valence electrons. The number of hydrogen-bond acceptors (Lipinski definition) is 6. The van der Waals surface area contributed by atoms with Crippen molar-refractivity contribution in [1.29, 1.82) is 0 Å². The predicted octanol–water partition coefficient (Wildman–Crippen LogP) is 5.57. The largest absolute Gasteiger partial charge is 0.493 e. The number of aliphatic imine (C=N–C) groups is 1. The Hall–Kier alpha value is -3.56. The molecule has 0 aliphatic carbocycles. The lowest BCUT2D eigenvalue weighted by Crippen LogP contribution is -2.31. The van der Waals surface area contributed by atoms with Crippen LogP contribution in [0.15, 0.2) is 71.7 Å². The molecule has 0 saturated carbocycles. The fraction of sp³-hybridized carbons (Fsp3) is 0.222. The molecule has 0 bridgehead atoms. The van der Waals surface area contributed by atoms with Crippen LogP contribution in [0.4, 0.5) is 15.8 Å². The molecule has 0 spiro atoms. The Morgan fingerprint density at radius 2 is 1.76 bits per heavy atom. The summed E-state index contributed by atoms with van der Waals surface area (Å²) in [6, 6.07) is 18.0. The third-order valence-electron chi connectivity index (χ3n) is 5.64. The highest BCUT2D eigenvalue weighted by atomic mass is 35.5. The maximum Gasteiger partial charge on any atom is 0.247 e. The first-order valence-electron chi connectivity index (χ1n) is 11.4. The van der Waals surface area contributed by atoms with Gasteiger partial charge >= 0.3 is 0 Å². The molecular weight excluding hydrogens is 517 g/mol. The Morgan fingerprint density at radius 3 is 2.43 bits per heavy atom. The number of hydrogen-bond donors (Lipinski definition) is 1. The number of thioether (sulfide) groups is 1. The van der Waals surface area contributed by atoms with Gasteiger partial charge in [-0.3, -0.25) is 14.6 Å². The smallest absolute Gasteiger partial charge is 0.247 e. The zero-order valence-electron chi connectivity index (χ0n) is 20.2. The van der Waals surface area contributed by atoms with Gasteiger partial charge in [0.25, 0.3) is 0 Å². The highest BCUT2D eigenvalue weighted by Crippen LogP contribution is 2.32. The molecule has 37 heavy (non-hydrogen) atoms. The van der Waals surface area contributed by atoms with Gasteiger partial charge < -0.3 is 14.8 Å². The minimum atomic E-state index is -0.657. The number of carbonyl (C=O) groups is 2. The minimum Gasteiger partial charge on any atom is -0.493 e. The summed E-state index contributed by atoms with van der Waals surface area (Å²) in [5, 5.41) is 3.47. The molecule has 0 unspecified atom stereocenters. The molecule has 7 nitrogen and oxygen atoms in total. The first-order chi connectivity index (χ1) is 17.9. The van der Waals surface area contributed by atoms with Gasteiger partial charge in [0.2, 0.25) is 11.8 Å². The number of carbonyl (C=O) groups excluding carboxylic acids is 2. The van der Waals surface area contributed by atoms with E-state index in [0.29, 0.717) is 46.0 Å². The third kappa shape index (κ3) is 6.61. The number of halogens is 2. The first-order valence-corrected chi connectivity index (χ1v) is 12.7. The molecule has 4 rings (SSSR count). The second kappa shape index (κ2) is 12.1. The van der Waals surface area contributed by atoms with E-state index < -0.39 is 5.25 Å². The highest BCUT2D eigenvalue weighted by Gasteiger charge is 2.40. The van der Waals surface area contributed by atoms with E-state index in [-0.39, 0.29) is 24.1 Å². The third-order valence-corrected chi connectivity index (χ3v) is 7.00. The number of methoxy groups -OCH3 is 2. The van der Waals surface area contributed by atoms with E-state index >= 15 is 0 Å². The Kier molecular flexibility index (Phi) is 8.68. The number of amides is 2. The maximum atomic E-state index is 13.4. The van der Waals surface area contributed by atoms with Crippen molar-refractivity contribution >= 4 is 51.7 Å². The van der Waals surface area contributed by atoms with Crippen molar-refractivity contribution in [3.05, 3.63) is 83.1 Å². The molecule has 1 atom stereocenters. The van der Waals surface area contributed by atoms with Crippen LogP contribution in [0.2, 0.25) is 5.02 Å². The van der Waals surface area contributed by atoms with E-state index in [1.807, 2.05) is 18.2 Å². The number of rotatable bonds is 8. The highest BCUT2D eigenvalue weighted by molar-refractivity contribution is 8.15. The van der Waals surface area contributed by atoms with Crippen LogP contribution in [0.25, 0.3) is 0 Å². The van der Waals surface area contributed by atoms with Crippen LogP contribution < -0.4 is 19.7 Å². The van der Waals surface area contributed by atoms with Crippen LogP contribution in [0.5, 0.6) is 11.5 Å². The summed E-state index contributed by atoms with van der Waals surface area (Å²) in [5.74, 6) is 0.279. The Labute approximate surface area is 223 Å². The molecule has 1 N–H and O–H groups in total. The van der Waals surface area contributed by atoms with Gasteiger partial charge in [0.1, 0.15) is 11.1 Å². The summed E-state index contributed by atoms with van der Waals surface area (Å²) in [7, 11) is 3.16. The lowest BCUT2D eigenvalue weighted by atomic mass is 10.1. The molecule has 0 radical (unpaired) electrons. The van der Waals surface area contributed by atoms with E-state index in [9.17, 15) is 14.0 Å². The van der Waals surface area contributed by atoms with Crippen LogP contribution in [0.1, 0.15) is 12.0 Å². The lowest BCUT2D eigenvalue weighted by Gasteiger charge is -2.16. The molecule has 1 aliphatic rings. The lowest BCUT2D eigenvalue weighted by molar-refractivity contribution is -0.121. The standard InChI is InChI=1S/C27H25ClFN3O4S/c1-35-22-12-3-17(15-23(22)36-2)13-14-30-27(31-20-8-6-19(29)7-9-20)37-24-16-25(33)32(26(24)34)21-10-4-18(28)5-11-21/h3-12,15,24H,13-14,16H2,1-2H3,(H,30,31)/t24-/m1/s1. The van der Waals surface area contributed by atoms with Crippen molar-refractivity contribution in [2.45, 2.75) is 18.1 Å². The van der Waals surface area contributed by atoms with Crippen molar-refractivity contribution < 1.29 is 23.5 Å². The Morgan fingerprint density at radius 1 is 1.05 bits per heavy atom. The van der Waals surface area contributed by atoms with Gasteiger partial charge in [-0.25, -0.2) is 9.29 Å². The molecule has 0 aromatic heterocycles. The number of nitrogens with zero attached hydrogens (tertiary/aromatic N) is 2. The summed E-state index contributed by atoms with van der Waals surface area (Å²) in [4.78, 5) is 31.7. The van der Waals surface area contributed by atoms with E-state index in [1.165, 1.54) is 28.8 Å². The summed E-state index contributed by atoms with van der Waals surface area (Å²) < 4.78 is 24.1. The molecule has 10 heteroatoms. The van der Waals surface area contributed by atoms with Crippen molar-refractivity contribution in [3.63, 3.8) is 0 Å². The second-order valence-corrected chi connectivity index (χ2v) is 9.74. The average Bonchev–Trinajstić information content (AvgIpc) is 3.18. The van der Waals surface area contributed by atoms with Crippen LogP contribution >= 0.6 is 23.4 Å². The number of benzene rings is 3. The van der Waals surface area contributed by atoms with Crippen LogP contribution in [-0.4, -0.2) is 43.0 Å². The number of imide groups is 1. The second-order valence-electron chi connectivity index (χ2n) is 8.11. The molecule has 2 amide bonds. The Bertz CT molecular complexity index is 1300. The van der Waals surface area contributed by atoms with Gasteiger partial charge in [0.05, 0.1) is 19.9 Å². The van der Waals surface area contributed by atoms with Crippen LogP contribution in [0.3, 0.4) is 0 Å². The fourth-order valence-corrected chi connectivity index (χ4v) is 4.95. The molecule has 1 aliphatic heterocycles. The first kappa shape index (κ1) is 26.5. The molecule has 1 heterocycles. The number of amidine groups is 1. The zero-order valence-corrected chi connectivity index (χ0v) is 21.8. The summed E-state index contributed by atoms with van der Waals surface area (Å²) in [6.07, 6.45) is 0.635. The summed E-state index contributed by atoms with van der Waals surface area (Å²) >= 11 is 7.12. The molecule has 1 saturated heterocycles. The monoisotopic (exact) mass is 541 g/mol. The predicted molar refractivity (Wildman–Crippen MR) is 146 cm³/mol. The van der Waals surface area contributed by atoms with Crippen molar-refractivity contribution in [3.8, 4) is 11.5 Å². The van der Waals surface area contributed by atoms with Gasteiger partial charge in [-0.1, -0.05) is 29.4 Å². The number of anilines is 2. The van der Waals surface area contributed by atoms with Crippen LogP contribution in [-0.2, 0) is 16.0 Å². The van der Waals surface area contributed by atoms with Gasteiger partial charge in [0, 0.05) is 23.7 Å². The van der Waals surface area contributed by atoms with E-state index in [0.717, 1.165) is 5.56 Å². The molecular formula is C27H25ClFN3O4S. The van der Waals surface area contributed by atoms with E-state index in [4.69, 9.17) is 21.1 Å². The molecule has 1 fully saturated rings. The van der Waals surface area contributed by atoms with Crippen molar-refractivity contribution in [1.82, 2.24) is 0 Å². The van der Waals surface area contributed by atoms with Gasteiger partial charge in [-0.05, 0) is 72.6 Å². The van der Waals surface area contributed by atoms with Crippen molar-refractivity contribution in [2.75, 3.05) is 31.0 Å². The van der Waals surface area contributed by atoms with Gasteiger partial charge in [-0.15, -0.1) is 0 Å². The SMILES string of the molecule is COc1ccc(CCN=C(Nc2ccc(F)cc2)S[C@@H]2CC(=O)N(c3ccc(Cl)cc3)C2=O)cc1OC. The normalized spacial score (nSPS) is 15.7. The molecule has 3 aromatic rings. The maximum absolute atomic E-state index is 13.4. The van der Waals surface area contributed by atoms with Crippen LogP contribution in [0, 0.1) is 5.82 Å². The number of ether oxygens (including phenoxy) is 2.